The van der Waals surface area contributed by atoms with E-state index in [1.54, 1.807) is 30.3 Å². The highest BCUT2D eigenvalue weighted by Crippen LogP contribution is 2.29. The molecule has 108 valence electrons. The van der Waals surface area contributed by atoms with E-state index in [0.29, 0.717) is 9.90 Å². The van der Waals surface area contributed by atoms with Crippen LogP contribution in [0.2, 0.25) is 0 Å². The van der Waals surface area contributed by atoms with Gasteiger partial charge in [0.1, 0.15) is 10.8 Å². The number of nitrogens with zero attached hydrogens (tertiary/aromatic N) is 1. The minimum atomic E-state index is -3.36. The van der Waals surface area contributed by atoms with Crippen LogP contribution in [0.25, 0.3) is 0 Å². The predicted octanol–water partition coefficient (Wildman–Crippen LogP) is 2.62. The maximum Gasteiger partial charge on any atom is 0.184 e. The first-order valence-electron chi connectivity index (χ1n) is 6.23. The molecule has 1 heterocycles. The number of benzene rings is 1. The molecule has 0 spiro atoms. The molecule has 0 fully saturated rings. The van der Waals surface area contributed by atoms with Crippen LogP contribution >= 0.6 is 11.3 Å². The van der Waals surface area contributed by atoms with Gasteiger partial charge in [0.15, 0.2) is 9.84 Å². The summed E-state index contributed by atoms with van der Waals surface area (Å²) in [6.07, 6.45) is 0. The number of hydrogen-bond acceptors (Lipinski definition) is 5. The van der Waals surface area contributed by atoms with Crippen LogP contribution in [0.4, 0.5) is 0 Å². The zero-order valence-electron chi connectivity index (χ0n) is 11.8. The Kier molecular flexibility index (Phi) is 4.00. The molecule has 20 heavy (non-hydrogen) atoms. The zero-order chi connectivity index (χ0) is 15.0. The fourth-order valence-corrected chi connectivity index (χ4v) is 4.69. The van der Waals surface area contributed by atoms with E-state index in [1.165, 1.54) is 11.3 Å². The smallest absolute Gasteiger partial charge is 0.184 e. The lowest BCUT2D eigenvalue weighted by molar-refractivity contribution is 0.562. The maximum atomic E-state index is 12.3. The Bertz CT molecular complexity index is 699. The lowest BCUT2D eigenvalue weighted by Crippen LogP contribution is -2.28. The maximum absolute atomic E-state index is 12.3. The van der Waals surface area contributed by atoms with Gasteiger partial charge in [0.25, 0.3) is 0 Å². The molecular weight excluding hydrogens is 292 g/mol. The Balaban J connectivity index is 2.32. The molecule has 0 saturated heterocycles. The van der Waals surface area contributed by atoms with Crippen molar-refractivity contribution in [2.24, 2.45) is 5.73 Å². The molecule has 0 aliphatic carbocycles. The molecule has 2 N–H and O–H groups in total. The van der Waals surface area contributed by atoms with E-state index < -0.39 is 15.4 Å². The topological polar surface area (TPSA) is 73.0 Å². The van der Waals surface area contributed by atoms with Crippen molar-refractivity contribution in [3.63, 3.8) is 0 Å². The quantitative estimate of drug-likeness (QED) is 0.942. The Morgan fingerprint density at radius 1 is 1.25 bits per heavy atom. The first kappa shape index (κ1) is 15.2. The van der Waals surface area contributed by atoms with Crippen molar-refractivity contribution in [3.8, 4) is 0 Å². The molecule has 1 aromatic heterocycles. The van der Waals surface area contributed by atoms with Crippen molar-refractivity contribution in [2.75, 3.05) is 0 Å². The van der Waals surface area contributed by atoms with Gasteiger partial charge in [0.05, 0.1) is 10.6 Å². The minimum absolute atomic E-state index is 0.0847. The number of sulfone groups is 1. The van der Waals surface area contributed by atoms with Crippen molar-refractivity contribution < 1.29 is 8.42 Å². The van der Waals surface area contributed by atoms with E-state index in [0.717, 1.165) is 10.6 Å². The largest absolute Gasteiger partial charge is 0.321 e. The van der Waals surface area contributed by atoms with Crippen LogP contribution in [0.3, 0.4) is 0 Å². The van der Waals surface area contributed by atoms with Crippen molar-refractivity contribution in [2.45, 2.75) is 37.0 Å². The number of hydrogen-bond donors (Lipinski definition) is 1. The second-order valence-electron chi connectivity index (χ2n) is 5.32. The molecule has 0 unspecified atom stereocenters. The summed E-state index contributed by atoms with van der Waals surface area (Å²) in [6, 6.07) is 8.43. The van der Waals surface area contributed by atoms with Crippen LogP contribution in [0, 0.1) is 6.92 Å². The molecule has 4 nitrogen and oxygen atoms in total. The Hall–Kier alpha value is -1.24. The first-order chi connectivity index (χ1) is 9.20. The summed E-state index contributed by atoms with van der Waals surface area (Å²) in [5.74, 6) is -0.0847. The Morgan fingerprint density at radius 3 is 2.35 bits per heavy atom. The summed E-state index contributed by atoms with van der Waals surface area (Å²) in [5.41, 5.74) is 6.37. The van der Waals surface area contributed by atoms with E-state index in [2.05, 4.69) is 4.98 Å². The van der Waals surface area contributed by atoms with Gasteiger partial charge < -0.3 is 5.73 Å². The second-order valence-corrected chi connectivity index (χ2v) is 8.39. The van der Waals surface area contributed by atoms with E-state index in [-0.39, 0.29) is 5.75 Å². The van der Waals surface area contributed by atoms with Gasteiger partial charge in [-0.2, -0.15) is 0 Å². The predicted molar refractivity (Wildman–Crippen MR) is 81.4 cm³/mol. The highest BCUT2D eigenvalue weighted by Gasteiger charge is 2.24. The molecule has 6 heteroatoms. The zero-order valence-corrected chi connectivity index (χ0v) is 13.4. The van der Waals surface area contributed by atoms with Gasteiger partial charge in [-0.15, -0.1) is 11.3 Å². The molecule has 0 amide bonds. The van der Waals surface area contributed by atoms with Crippen LogP contribution in [0.1, 0.15) is 29.4 Å². The van der Waals surface area contributed by atoms with Crippen LogP contribution in [0.5, 0.6) is 0 Å². The second kappa shape index (κ2) is 5.27. The highest BCUT2D eigenvalue weighted by atomic mass is 32.2. The fourth-order valence-electron chi connectivity index (χ4n) is 1.99. The lowest BCUT2D eigenvalue weighted by Gasteiger charge is -2.16. The van der Waals surface area contributed by atoms with Gasteiger partial charge >= 0.3 is 0 Å². The summed E-state index contributed by atoms with van der Waals surface area (Å²) >= 11 is 1.37. The number of thiazole rings is 1. The fraction of sp³-hybridized carbons (Fsp3) is 0.357. The van der Waals surface area contributed by atoms with E-state index in [4.69, 9.17) is 5.73 Å². The van der Waals surface area contributed by atoms with Gasteiger partial charge in [-0.1, -0.05) is 18.2 Å². The number of aromatic nitrogens is 1. The van der Waals surface area contributed by atoms with Crippen LogP contribution in [-0.4, -0.2) is 13.4 Å². The number of nitrogens with two attached hydrogens (primary N) is 1. The molecule has 1 aromatic carbocycles. The molecule has 0 radical (unpaired) electrons. The molecular formula is C14H18N2O2S2. The van der Waals surface area contributed by atoms with Gasteiger partial charge in [0, 0.05) is 10.4 Å². The van der Waals surface area contributed by atoms with E-state index in [1.807, 2.05) is 20.8 Å². The average molecular weight is 310 g/mol. The van der Waals surface area contributed by atoms with Gasteiger partial charge in [-0.05, 0) is 32.9 Å². The average Bonchev–Trinajstić information content (AvgIpc) is 2.70. The van der Waals surface area contributed by atoms with E-state index in [9.17, 15) is 8.42 Å². The Labute approximate surface area is 123 Å². The lowest BCUT2D eigenvalue weighted by atomic mass is 10.0. The molecule has 0 bridgehead atoms. The normalized spacial score (nSPS) is 12.6. The van der Waals surface area contributed by atoms with Crippen LogP contribution in [-0.2, 0) is 21.1 Å². The summed E-state index contributed by atoms with van der Waals surface area (Å²) in [5, 5.41) is 0.583. The molecule has 2 rings (SSSR count). The Morgan fingerprint density at radius 2 is 1.85 bits per heavy atom. The summed E-state index contributed by atoms with van der Waals surface area (Å²) < 4.78 is 24.6. The van der Waals surface area contributed by atoms with Crippen molar-refractivity contribution >= 4 is 21.2 Å². The molecule has 0 aliphatic heterocycles. The first-order valence-corrected chi connectivity index (χ1v) is 8.70. The van der Waals surface area contributed by atoms with Crippen LogP contribution in [0.15, 0.2) is 35.2 Å². The molecule has 0 saturated carbocycles. The van der Waals surface area contributed by atoms with Crippen molar-refractivity contribution in [1.29, 1.82) is 0 Å². The third-order valence-electron chi connectivity index (χ3n) is 2.84. The van der Waals surface area contributed by atoms with Gasteiger partial charge in [0.2, 0.25) is 0 Å². The highest BCUT2D eigenvalue weighted by molar-refractivity contribution is 7.90. The van der Waals surface area contributed by atoms with Crippen LogP contribution < -0.4 is 5.73 Å². The summed E-state index contributed by atoms with van der Waals surface area (Å²) in [7, 11) is -3.36. The summed E-state index contributed by atoms with van der Waals surface area (Å²) in [6.45, 7) is 5.64. The third kappa shape index (κ3) is 3.26. The van der Waals surface area contributed by atoms with E-state index >= 15 is 0 Å². The monoisotopic (exact) mass is 310 g/mol. The minimum Gasteiger partial charge on any atom is -0.321 e. The third-order valence-corrected chi connectivity index (χ3v) is 6.17. The SMILES string of the molecule is Cc1nc(CS(=O)(=O)c2ccccc2)sc1C(C)(C)N. The summed E-state index contributed by atoms with van der Waals surface area (Å²) in [4.78, 5) is 5.59. The standard InChI is InChI=1S/C14H18N2O2S2/c1-10-13(14(2,3)15)19-12(16-10)9-20(17,18)11-7-5-4-6-8-11/h4-8H,9,15H2,1-3H3. The molecule has 0 aliphatic rings. The number of rotatable bonds is 4. The van der Waals surface area contributed by atoms with Gasteiger partial charge in [-0.3, -0.25) is 0 Å². The van der Waals surface area contributed by atoms with Crippen molar-refractivity contribution in [1.82, 2.24) is 4.98 Å². The molecule has 0 atom stereocenters. The molecule has 2 aromatic rings. The number of aryl methyl sites for hydroxylation is 1. The van der Waals surface area contributed by atoms with Crippen molar-refractivity contribution in [3.05, 3.63) is 45.9 Å². The van der Waals surface area contributed by atoms with Gasteiger partial charge in [-0.25, -0.2) is 13.4 Å².